The number of likely N-dealkylation sites (tertiary alicyclic amines) is 2. The van der Waals surface area contributed by atoms with Gasteiger partial charge in [0.05, 0.1) is 0 Å². The number of benzene rings is 1. The highest BCUT2D eigenvalue weighted by Gasteiger charge is 2.31. The van der Waals surface area contributed by atoms with Crippen LogP contribution in [0, 0.1) is 5.82 Å². The average molecular weight is 348 g/mol. The van der Waals surface area contributed by atoms with Crippen molar-refractivity contribution in [2.24, 2.45) is 0 Å². The molecule has 138 valence electrons. The van der Waals surface area contributed by atoms with Crippen LogP contribution in [0.15, 0.2) is 24.3 Å². The number of piperidine rings is 1. The Kier molecular flexibility index (Phi) is 6.29. The van der Waals surface area contributed by atoms with Gasteiger partial charge in [0.2, 0.25) is 0 Å². The van der Waals surface area contributed by atoms with E-state index in [9.17, 15) is 9.18 Å². The van der Waals surface area contributed by atoms with E-state index in [1.807, 2.05) is 4.90 Å². The SMILES string of the molecule is CC(Oc1cccc(F)c1)C(=O)N1CCCCC1CCN1CCCC1. The van der Waals surface area contributed by atoms with Crippen LogP contribution >= 0.6 is 0 Å². The number of carbonyl (C=O) groups excluding carboxylic acids is 1. The predicted molar refractivity (Wildman–Crippen MR) is 96.1 cm³/mol. The number of amides is 1. The smallest absolute Gasteiger partial charge is 0.263 e. The molecule has 1 aromatic rings. The minimum Gasteiger partial charge on any atom is -0.481 e. The second kappa shape index (κ2) is 8.65. The molecule has 2 aliphatic rings. The number of rotatable bonds is 6. The highest BCUT2D eigenvalue weighted by molar-refractivity contribution is 5.81. The third kappa shape index (κ3) is 4.94. The molecule has 5 heteroatoms. The fraction of sp³-hybridized carbons (Fsp3) is 0.650. The Morgan fingerprint density at radius 1 is 1.24 bits per heavy atom. The summed E-state index contributed by atoms with van der Waals surface area (Å²) in [7, 11) is 0. The molecule has 0 saturated carbocycles. The zero-order chi connectivity index (χ0) is 17.6. The standard InChI is InChI=1S/C20H29FN2O2/c1-16(25-19-9-6-7-17(21)15-19)20(24)23-13-3-2-8-18(23)10-14-22-11-4-5-12-22/h6-7,9,15-16,18H,2-5,8,10-14H2,1H3. The van der Waals surface area contributed by atoms with Gasteiger partial charge in [0, 0.05) is 25.2 Å². The topological polar surface area (TPSA) is 32.8 Å². The Balaban J connectivity index is 1.57. The van der Waals surface area contributed by atoms with E-state index in [1.165, 1.54) is 44.5 Å². The van der Waals surface area contributed by atoms with Gasteiger partial charge in [-0.05, 0) is 70.7 Å². The van der Waals surface area contributed by atoms with Crippen molar-refractivity contribution in [3.8, 4) is 5.75 Å². The Morgan fingerprint density at radius 2 is 2.00 bits per heavy atom. The maximum atomic E-state index is 13.3. The second-order valence-electron chi connectivity index (χ2n) is 7.24. The molecular weight excluding hydrogens is 319 g/mol. The average Bonchev–Trinajstić information content (AvgIpc) is 3.13. The van der Waals surface area contributed by atoms with Crippen molar-refractivity contribution in [1.82, 2.24) is 9.80 Å². The van der Waals surface area contributed by atoms with Crippen LogP contribution in [0.25, 0.3) is 0 Å². The number of halogens is 1. The summed E-state index contributed by atoms with van der Waals surface area (Å²) in [5, 5.41) is 0. The van der Waals surface area contributed by atoms with Gasteiger partial charge in [-0.25, -0.2) is 4.39 Å². The van der Waals surface area contributed by atoms with E-state index in [4.69, 9.17) is 4.74 Å². The van der Waals surface area contributed by atoms with Crippen molar-refractivity contribution in [1.29, 1.82) is 0 Å². The summed E-state index contributed by atoms with van der Waals surface area (Å²) >= 11 is 0. The molecule has 2 unspecified atom stereocenters. The van der Waals surface area contributed by atoms with Gasteiger partial charge in [-0.2, -0.15) is 0 Å². The van der Waals surface area contributed by atoms with Crippen molar-refractivity contribution < 1.29 is 13.9 Å². The fourth-order valence-corrected chi connectivity index (χ4v) is 3.96. The first-order valence-electron chi connectivity index (χ1n) is 9.58. The predicted octanol–water partition coefficient (Wildman–Crippen LogP) is 3.46. The lowest BCUT2D eigenvalue weighted by Crippen LogP contribution is -2.49. The van der Waals surface area contributed by atoms with E-state index in [0.717, 1.165) is 32.4 Å². The van der Waals surface area contributed by atoms with E-state index in [-0.39, 0.29) is 11.7 Å². The lowest BCUT2D eigenvalue weighted by molar-refractivity contribution is -0.142. The monoisotopic (exact) mass is 348 g/mol. The molecule has 2 aliphatic heterocycles. The molecule has 0 bridgehead atoms. The van der Waals surface area contributed by atoms with Crippen LogP contribution in [0.4, 0.5) is 4.39 Å². The lowest BCUT2D eigenvalue weighted by Gasteiger charge is -2.38. The number of carbonyl (C=O) groups is 1. The summed E-state index contributed by atoms with van der Waals surface area (Å²) < 4.78 is 19.0. The summed E-state index contributed by atoms with van der Waals surface area (Å²) in [6, 6.07) is 6.29. The molecule has 4 nitrogen and oxygen atoms in total. The van der Waals surface area contributed by atoms with Gasteiger partial charge < -0.3 is 14.5 Å². The Labute approximate surface area is 149 Å². The number of hydrogen-bond donors (Lipinski definition) is 0. The normalized spacial score (nSPS) is 22.8. The van der Waals surface area contributed by atoms with Gasteiger partial charge in [0.1, 0.15) is 11.6 Å². The van der Waals surface area contributed by atoms with Gasteiger partial charge >= 0.3 is 0 Å². The van der Waals surface area contributed by atoms with Crippen molar-refractivity contribution in [2.75, 3.05) is 26.2 Å². The van der Waals surface area contributed by atoms with Crippen molar-refractivity contribution in [3.63, 3.8) is 0 Å². The fourth-order valence-electron chi connectivity index (χ4n) is 3.96. The van der Waals surface area contributed by atoms with Crippen molar-refractivity contribution in [3.05, 3.63) is 30.1 Å². The maximum absolute atomic E-state index is 13.3. The summed E-state index contributed by atoms with van der Waals surface area (Å²) in [6.45, 7) is 6.03. The molecule has 25 heavy (non-hydrogen) atoms. The number of nitrogens with zero attached hydrogens (tertiary/aromatic N) is 2. The molecule has 0 spiro atoms. The summed E-state index contributed by atoms with van der Waals surface area (Å²) in [6.07, 6.45) is 6.36. The second-order valence-corrected chi connectivity index (χ2v) is 7.24. The Bertz CT molecular complexity index is 575. The van der Waals surface area contributed by atoms with Crippen LogP contribution in [-0.4, -0.2) is 54.0 Å². The molecule has 2 saturated heterocycles. The molecule has 1 aromatic carbocycles. The quantitative estimate of drug-likeness (QED) is 0.789. The van der Waals surface area contributed by atoms with Gasteiger partial charge in [0.15, 0.2) is 6.10 Å². The van der Waals surface area contributed by atoms with Crippen LogP contribution < -0.4 is 4.74 Å². The highest BCUT2D eigenvalue weighted by Crippen LogP contribution is 2.23. The van der Waals surface area contributed by atoms with Crippen molar-refractivity contribution >= 4 is 5.91 Å². The molecule has 3 rings (SSSR count). The largest absolute Gasteiger partial charge is 0.481 e. The minimum absolute atomic E-state index is 0.0235. The molecule has 0 aliphatic carbocycles. The third-order valence-corrected chi connectivity index (χ3v) is 5.34. The minimum atomic E-state index is -0.589. The van der Waals surface area contributed by atoms with Gasteiger partial charge in [-0.15, -0.1) is 0 Å². The van der Waals surface area contributed by atoms with Gasteiger partial charge in [0.25, 0.3) is 5.91 Å². The highest BCUT2D eigenvalue weighted by atomic mass is 19.1. The Morgan fingerprint density at radius 3 is 2.76 bits per heavy atom. The van der Waals surface area contributed by atoms with Gasteiger partial charge in [-0.3, -0.25) is 4.79 Å². The zero-order valence-electron chi connectivity index (χ0n) is 15.1. The van der Waals surface area contributed by atoms with E-state index >= 15 is 0 Å². The van der Waals surface area contributed by atoms with Crippen LogP contribution in [0.1, 0.15) is 45.4 Å². The van der Waals surface area contributed by atoms with Crippen molar-refractivity contribution in [2.45, 2.75) is 57.6 Å². The maximum Gasteiger partial charge on any atom is 0.263 e. The summed E-state index contributed by atoms with van der Waals surface area (Å²) in [5.74, 6) is 0.0838. The molecule has 2 atom stereocenters. The number of ether oxygens (including phenoxy) is 1. The van der Waals surface area contributed by atoms with Gasteiger partial charge in [-0.1, -0.05) is 6.07 Å². The number of hydrogen-bond acceptors (Lipinski definition) is 3. The zero-order valence-corrected chi connectivity index (χ0v) is 15.1. The summed E-state index contributed by atoms with van der Waals surface area (Å²) in [5.41, 5.74) is 0. The molecule has 0 N–H and O–H groups in total. The summed E-state index contributed by atoms with van der Waals surface area (Å²) in [4.78, 5) is 17.4. The third-order valence-electron chi connectivity index (χ3n) is 5.34. The van der Waals surface area contributed by atoms with Crippen LogP contribution in [0.5, 0.6) is 5.75 Å². The van der Waals surface area contributed by atoms with Crippen LogP contribution in [0.2, 0.25) is 0 Å². The molecular formula is C20H29FN2O2. The first kappa shape index (κ1) is 18.2. The Hall–Kier alpha value is -1.62. The van der Waals surface area contributed by atoms with E-state index in [2.05, 4.69) is 4.90 Å². The van der Waals surface area contributed by atoms with E-state index in [1.54, 1.807) is 19.1 Å². The van der Waals surface area contributed by atoms with Crippen LogP contribution in [0.3, 0.4) is 0 Å². The molecule has 2 heterocycles. The first-order valence-corrected chi connectivity index (χ1v) is 9.58. The lowest BCUT2D eigenvalue weighted by atomic mass is 9.98. The van der Waals surface area contributed by atoms with Crippen LogP contribution in [-0.2, 0) is 4.79 Å². The van der Waals surface area contributed by atoms with E-state index < -0.39 is 6.10 Å². The molecule has 0 radical (unpaired) electrons. The molecule has 0 aromatic heterocycles. The first-order chi connectivity index (χ1) is 12.1. The molecule has 1 amide bonds. The van der Waals surface area contributed by atoms with E-state index in [0.29, 0.717) is 11.8 Å². The molecule has 2 fully saturated rings.